The summed E-state index contributed by atoms with van der Waals surface area (Å²) in [5.74, 6) is 0.451. The first kappa shape index (κ1) is 15.0. The number of amides is 1. The van der Waals surface area contributed by atoms with Crippen molar-refractivity contribution in [2.24, 2.45) is 11.7 Å². The second-order valence-electron chi connectivity index (χ2n) is 6.38. The highest BCUT2D eigenvalue weighted by Gasteiger charge is 2.31. The highest BCUT2D eigenvalue weighted by Crippen LogP contribution is 2.32. The normalized spacial score (nSPS) is 16.2. The molecule has 0 aliphatic heterocycles. The Bertz CT molecular complexity index is 702. The van der Waals surface area contributed by atoms with Gasteiger partial charge in [-0.1, -0.05) is 0 Å². The van der Waals surface area contributed by atoms with Crippen molar-refractivity contribution in [1.29, 1.82) is 0 Å². The molecule has 3 rings (SSSR count). The summed E-state index contributed by atoms with van der Waals surface area (Å²) >= 11 is 0. The lowest BCUT2D eigenvalue weighted by Crippen LogP contribution is -2.41. The van der Waals surface area contributed by atoms with E-state index in [-0.39, 0.29) is 18.0 Å². The Morgan fingerprint density at radius 3 is 2.82 bits per heavy atom. The third-order valence-electron chi connectivity index (χ3n) is 4.19. The first-order valence-corrected chi connectivity index (χ1v) is 7.87. The van der Waals surface area contributed by atoms with Crippen LogP contribution in [0, 0.1) is 12.8 Å². The number of carbonyl (C=O) groups is 1. The van der Waals surface area contributed by atoms with Crippen molar-refractivity contribution in [3.05, 3.63) is 23.5 Å². The summed E-state index contributed by atoms with van der Waals surface area (Å²) < 4.78 is 1.85. The number of aromatic nitrogens is 3. The zero-order chi connectivity index (χ0) is 15.9. The topological polar surface area (TPSA) is 85.8 Å². The van der Waals surface area contributed by atoms with Gasteiger partial charge < -0.3 is 11.1 Å². The summed E-state index contributed by atoms with van der Waals surface area (Å²) in [5.41, 5.74) is 7.99. The van der Waals surface area contributed by atoms with Gasteiger partial charge in [-0.25, -0.2) is 9.67 Å². The predicted molar refractivity (Wildman–Crippen MR) is 85.7 cm³/mol. The number of aryl methyl sites for hydroxylation is 1. The van der Waals surface area contributed by atoms with Crippen LogP contribution in [-0.4, -0.2) is 33.3 Å². The lowest BCUT2D eigenvalue weighted by atomic mass is 10.1. The molecule has 0 radical (unpaired) electrons. The van der Waals surface area contributed by atoms with Gasteiger partial charge in [0, 0.05) is 24.3 Å². The smallest absolute Gasteiger partial charge is 0.252 e. The van der Waals surface area contributed by atoms with E-state index in [2.05, 4.69) is 15.4 Å². The van der Waals surface area contributed by atoms with Gasteiger partial charge in [0.15, 0.2) is 5.65 Å². The van der Waals surface area contributed by atoms with E-state index in [1.54, 1.807) is 6.20 Å². The molecule has 118 valence electrons. The highest BCUT2D eigenvalue weighted by molar-refractivity contribution is 6.05. The van der Waals surface area contributed by atoms with Crippen LogP contribution in [-0.2, 0) is 0 Å². The molecule has 1 atom stereocenters. The first-order chi connectivity index (χ1) is 10.5. The van der Waals surface area contributed by atoms with E-state index in [4.69, 9.17) is 5.73 Å². The molecule has 0 saturated heterocycles. The van der Waals surface area contributed by atoms with Crippen molar-refractivity contribution in [3.8, 4) is 0 Å². The molecule has 2 aromatic rings. The minimum Gasteiger partial charge on any atom is -0.348 e. The van der Waals surface area contributed by atoms with Crippen molar-refractivity contribution in [3.63, 3.8) is 0 Å². The van der Waals surface area contributed by atoms with Crippen LogP contribution in [0.15, 0.2) is 12.3 Å². The van der Waals surface area contributed by atoms with Crippen LogP contribution in [0.5, 0.6) is 0 Å². The SMILES string of the molecule is Cc1cc(C(=O)NC(CN)C2CC2)c2cnn(C(C)C)c2n1. The summed E-state index contributed by atoms with van der Waals surface area (Å²) in [6, 6.07) is 2.09. The number of hydrogen-bond acceptors (Lipinski definition) is 4. The molecule has 1 amide bonds. The molecule has 1 aliphatic rings. The zero-order valence-corrected chi connectivity index (χ0v) is 13.3. The molecule has 6 nitrogen and oxygen atoms in total. The Morgan fingerprint density at radius 1 is 1.50 bits per heavy atom. The van der Waals surface area contributed by atoms with E-state index >= 15 is 0 Å². The summed E-state index contributed by atoms with van der Waals surface area (Å²) in [7, 11) is 0. The second kappa shape index (κ2) is 5.68. The summed E-state index contributed by atoms with van der Waals surface area (Å²) in [4.78, 5) is 17.2. The van der Waals surface area contributed by atoms with Crippen LogP contribution >= 0.6 is 0 Å². The minimum atomic E-state index is -0.0823. The maximum atomic E-state index is 12.7. The van der Waals surface area contributed by atoms with Crippen molar-refractivity contribution in [2.75, 3.05) is 6.54 Å². The molecular weight excluding hydrogens is 278 g/mol. The van der Waals surface area contributed by atoms with Gasteiger partial charge in [0.05, 0.1) is 17.1 Å². The Hall–Kier alpha value is -1.95. The van der Waals surface area contributed by atoms with Crippen molar-refractivity contribution in [1.82, 2.24) is 20.1 Å². The molecule has 2 aromatic heterocycles. The Kier molecular flexibility index (Phi) is 3.87. The van der Waals surface area contributed by atoms with Crippen LogP contribution in [0.25, 0.3) is 11.0 Å². The van der Waals surface area contributed by atoms with Gasteiger partial charge >= 0.3 is 0 Å². The van der Waals surface area contributed by atoms with E-state index in [1.165, 1.54) is 0 Å². The average Bonchev–Trinajstić information content (AvgIpc) is 3.22. The van der Waals surface area contributed by atoms with Gasteiger partial charge in [0.1, 0.15) is 0 Å². The fraction of sp³-hybridized carbons (Fsp3) is 0.562. The molecule has 1 aliphatic carbocycles. The van der Waals surface area contributed by atoms with Crippen LogP contribution < -0.4 is 11.1 Å². The number of rotatable bonds is 5. The van der Waals surface area contributed by atoms with Gasteiger partial charge in [-0.2, -0.15) is 5.10 Å². The third kappa shape index (κ3) is 2.70. The number of hydrogen-bond donors (Lipinski definition) is 2. The molecule has 0 aromatic carbocycles. The Labute approximate surface area is 130 Å². The molecule has 1 saturated carbocycles. The van der Waals surface area contributed by atoms with Gasteiger partial charge in [-0.05, 0) is 45.6 Å². The van der Waals surface area contributed by atoms with E-state index in [1.807, 2.05) is 31.5 Å². The van der Waals surface area contributed by atoms with E-state index in [0.29, 0.717) is 18.0 Å². The Balaban J connectivity index is 1.97. The minimum absolute atomic E-state index is 0.0659. The number of fused-ring (bicyclic) bond motifs is 1. The van der Waals surface area contributed by atoms with Crippen LogP contribution in [0.2, 0.25) is 0 Å². The van der Waals surface area contributed by atoms with E-state index in [9.17, 15) is 4.79 Å². The van der Waals surface area contributed by atoms with E-state index in [0.717, 1.165) is 29.6 Å². The van der Waals surface area contributed by atoms with Crippen molar-refractivity contribution >= 4 is 16.9 Å². The Morgan fingerprint density at radius 2 is 2.23 bits per heavy atom. The summed E-state index contributed by atoms with van der Waals surface area (Å²) in [6.07, 6.45) is 4.03. The standard InChI is InChI=1S/C16H23N5O/c1-9(2)21-15-13(8-18-21)12(6-10(3)19-15)16(22)20-14(7-17)11-4-5-11/h6,8-9,11,14H,4-5,7,17H2,1-3H3,(H,20,22). The lowest BCUT2D eigenvalue weighted by molar-refractivity contribution is 0.0935. The van der Waals surface area contributed by atoms with Crippen LogP contribution in [0.1, 0.15) is 48.8 Å². The highest BCUT2D eigenvalue weighted by atomic mass is 16.1. The third-order valence-corrected chi connectivity index (χ3v) is 4.19. The molecule has 1 unspecified atom stereocenters. The molecule has 6 heteroatoms. The fourth-order valence-corrected chi connectivity index (χ4v) is 2.82. The quantitative estimate of drug-likeness (QED) is 0.881. The largest absolute Gasteiger partial charge is 0.348 e. The second-order valence-corrected chi connectivity index (χ2v) is 6.38. The van der Waals surface area contributed by atoms with Crippen molar-refractivity contribution < 1.29 is 4.79 Å². The molecule has 22 heavy (non-hydrogen) atoms. The maximum Gasteiger partial charge on any atom is 0.252 e. The lowest BCUT2D eigenvalue weighted by Gasteiger charge is -2.16. The van der Waals surface area contributed by atoms with Crippen LogP contribution in [0.3, 0.4) is 0 Å². The molecule has 3 N–H and O–H groups in total. The first-order valence-electron chi connectivity index (χ1n) is 7.87. The van der Waals surface area contributed by atoms with Gasteiger partial charge in [-0.3, -0.25) is 4.79 Å². The number of nitrogens with zero attached hydrogens (tertiary/aromatic N) is 3. The van der Waals surface area contributed by atoms with Gasteiger partial charge in [0.2, 0.25) is 0 Å². The monoisotopic (exact) mass is 301 g/mol. The number of nitrogens with two attached hydrogens (primary N) is 1. The summed E-state index contributed by atoms with van der Waals surface area (Å²) in [5, 5.41) is 8.24. The number of nitrogens with one attached hydrogen (secondary N) is 1. The predicted octanol–water partition coefficient (Wildman–Crippen LogP) is 1.79. The van der Waals surface area contributed by atoms with Gasteiger partial charge in [0.25, 0.3) is 5.91 Å². The molecular formula is C16H23N5O. The van der Waals surface area contributed by atoms with E-state index < -0.39 is 0 Å². The maximum absolute atomic E-state index is 12.7. The molecule has 2 heterocycles. The van der Waals surface area contributed by atoms with Gasteiger partial charge in [-0.15, -0.1) is 0 Å². The zero-order valence-electron chi connectivity index (χ0n) is 13.3. The average molecular weight is 301 g/mol. The molecule has 0 bridgehead atoms. The number of carbonyl (C=O) groups excluding carboxylic acids is 1. The molecule has 0 spiro atoms. The number of pyridine rings is 1. The van der Waals surface area contributed by atoms with Crippen molar-refractivity contribution in [2.45, 2.75) is 45.7 Å². The molecule has 1 fully saturated rings. The summed E-state index contributed by atoms with van der Waals surface area (Å²) in [6.45, 7) is 6.48. The van der Waals surface area contributed by atoms with Crippen LogP contribution in [0.4, 0.5) is 0 Å². The fourth-order valence-electron chi connectivity index (χ4n) is 2.82.